The van der Waals surface area contributed by atoms with E-state index in [1.807, 2.05) is 13.0 Å². The Morgan fingerprint density at radius 3 is 2.71 bits per heavy atom. The molecule has 0 radical (unpaired) electrons. The first-order valence-electron chi connectivity index (χ1n) is 8.23. The summed E-state index contributed by atoms with van der Waals surface area (Å²) in [7, 11) is 0. The molecular weight excluding hydrogens is 312 g/mol. The van der Waals surface area contributed by atoms with Gasteiger partial charge in [-0.1, -0.05) is 0 Å². The van der Waals surface area contributed by atoms with E-state index in [-0.39, 0.29) is 5.91 Å². The molecule has 3 aliphatic heterocycles. The summed E-state index contributed by atoms with van der Waals surface area (Å²) >= 11 is 0. The average molecular weight is 332 g/mol. The molecule has 1 atom stereocenters. The molecule has 0 bridgehead atoms. The Hall–Kier alpha value is -2.44. The number of rotatable bonds is 1. The number of nitrogens with zero attached hydrogens (tertiary/aromatic N) is 1. The molecule has 4 rings (SSSR count). The number of fused-ring (bicyclic) bond motifs is 1. The molecule has 1 aromatic rings. The number of aryl methyl sites for hydroxylation is 1. The van der Waals surface area contributed by atoms with E-state index in [2.05, 4.69) is 5.32 Å². The van der Waals surface area contributed by atoms with E-state index in [0.29, 0.717) is 49.9 Å². The van der Waals surface area contributed by atoms with Gasteiger partial charge >= 0.3 is 6.09 Å². The largest absolute Gasteiger partial charge is 0.486 e. The lowest BCUT2D eigenvalue weighted by Crippen LogP contribution is -2.52. The van der Waals surface area contributed by atoms with Crippen LogP contribution in [0.1, 0.15) is 28.8 Å². The maximum Gasteiger partial charge on any atom is 0.407 e. The van der Waals surface area contributed by atoms with Gasteiger partial charge in [0.05, 0.1) is 13.1 Å². The summed E-state index contributed by atoms with van der Waals surface area (Å²) < 4.78 is 16.6. The molecular formula is C17H20N2O5. The van der Waals surface area contributed by atoms with E-state index in [9.17, 15) is 9.59 Å². The molecule has 3 heterocycles. The van der Waals surface area contributed by atoms with Gasteiger partial charge in [0.25, 0.3) is 5.91 Å². The number of likely N-dealkylation sites (tertiary alicyclic amines) is 1. The number of carbonyl (C=O) groups excluding carboxylic acids is 2. The number of benzene rings is 1. The lowest BCUT2D eigenvalue weighted by atomic mass is 9.92. The van der Waals surface area contributed by atoms with Crippen molar-refractivity contribution < 1.29 is 23.8 Å². The lowest BCUT2D eigenvalue weighted by Gasteiger charge is -2.38. The van der Waals surface area contributed by atoms with E-state index in [1.54, 1.807) is 11.0 Å². The molecule has 1 N–H and O–H groups in total. The van der Waals surface area contributed by atoms with Crippen LogP contribution in [0.15, 0.2) is 12.1 Å². The summed E-state index contributed by atoms with van der Waals surface area (Å²) in [6, 6.07) is 3.60. The molecule has 2 amide bonds. The Morgan fingerprint density at radius 2 is 2.00 bits per heavy atom. The second-order valence-corrected chi connectivity index (χ2v) is 6.57. The zero-order valence-corrected chi connectivity index (χ0v) is 13.6. The summed E-state index contributed by atoms with van der Waals surface area (Å²) in [5.74, 6) is 1.22. The van der Waals surface area contributed by atoms with E-state index in [1.165, 1.54) is 0 Å². The van der Waals surface area contributed by atoms with Gasteiger partial charge in [-0.25, -0.2) is 4.79 Å². The van der Waals surface area contributed by atoms with Crippen LogP contribution >= 0.6 is 0 Å². The molecule has 0 unspecified atom stereocenters. The van der Waals surface area contributed by atoms with Crippen molar-refractivity contribution in [3.8, 4) is 11.5 Å². The maximum absolute atomic E-state index is 13.0. The van der Waals surface area contributed by atoms with Crippen LogP contribution in [-0.4, -0.2) is 55.3 Å². The Morgan fingerprint density at radius 1 is 1.25 bits per heavy atom. The highest BCUT2D eigenvalue weighted by molar-refractivity contribution is 5.96. The summed E-state index contributed by atoms with van der Waals surface area (Å²) in [5.41, 5.74) is 0.867. The zero-order chi connectivity index (χ0) is 16.7. The molecule has 2 saturated heterocycles. The summed E-state index contributed by atoms with van der Waals surface area (Å²) in [6.45, 7) is 4.42. The van der Waals surface area contributed by atoms with E-state index >= 15 is 0 Å². The van der Waals surface area contributed by atoms with Crippen LogP contribution in [0.2, 0.25) is 0 Å². The van der Waals surface area contributed by atoms with Crippen molar-refractivity contribution in [3.05, 3.63) is 23.3 Å². The van der Waals surface area contributed by atoms with Gasteiger partial charge in [-0.05, 0) is 37.5 Å². The van der Waals surface area contributed by atoms with Crippen molar-refractivity contribution in [3.63, 3.8) is 0 Å². The smallest absolute Gasteiger partial charge is 0.407 e. The predicted molar refractivity (Wildman–Crippen MR) is 84.5 cm³/mol. The van der Waals surface area contributed by atoms with Gasteiger partial charge in [0.15, 0.2) is 11.5 Å². The first kappa shape index (κ1) is 15.1. The summed E-state index contributed by atoms with van der Waals surface area (Å²) in [6.07, 6.45) is 1.18. The SMILES string of the molecule is Cc1cc2c(cc1C(=O)N1CCC[C@@]3(CNC(=O)O3)C1)OCCO2. The van der Waals surface area contributed by atoms with Crippen LogP contribution in [0, 0.1) is 6.92 Å². The number of hydrogen-bond acceptors (Lipinski definition) is 5. The molecule has 1 aromatic carbocycles. The fraction of sp³-hybridized carbons (Fsp3) is 0.529. The minimum Gasteiger partial charge on any atom is -0.486 e. The van der Waals surface area contributed by atoms with Crippen molar-refractivity contribution >= 4 is 12.0 Å². The van der Waals surface area contributed by atoms with Crippen LogP contribution in [0.5, 0.6) is 11.5 Å². The Kier molecular flexibility index (Phi) is 3.51. The number of amides is 2. The molecule has 1 spiro atoms. The van der Waals surface area contributed by atoms with Gasteiger partial charge in [-0.3, -0.25) is 4.79 Å². The van der Waals surface area contributed by atoms with Crippen LogP contribution < -0.4 is 14.8 Å². The Labute approximate surface area is 139 Å². The molecule has 7 nitrogen and oxygen atoms in total. The van der Waals surface area contributed by atoms with Gasteiger partial charge in [0.1, 0.15) is 18.8 Å². The minimum atomic E-state index is -0.591. The summed E-state index contributed by atoms with van der Waals surface area (Å²) in [5, 5.41) is 2.70. The second kappa shape index (κ2) is 5.58. The lowest BCUT2D eigenvalue weighted by molar-refractivity contribution is -0.00508. The molecule has 0 aliphatic carbocycles. The minimum absolute atomic E-state index is 0.0634. The molecule has 0 aromatic heterocycles. The fourth-order valence-electron chi connectivity index (χ4n) is 3.59. The van der Waals surface area contributed by atoms with E-state index < -0.39 is 11.7 Å². The van der Waals surface area contributed by atoms with Crippen molar-refractivity contribution in [2.45, 2.75) is 25.4 Å². The van der Waals surface area contributed by atoms with Gasteiger partial charge in [-0.15, -0.1) is 0 Å². The third-order valence-corrected chi connectivity index (χ3v) is 4.81. The Bertz CT molecular complexity index is 704. The zero-order valence-electron chi connectivity index (χ0n) is 13.6. The first-order valence-corrected chi connectivity index (χ1v) is 8.23. The number of alkyl carbamates (subject to hydrolysis) is 1. The molecule has 2 fully saturated rings. The predicted octanol–water partition coefficient (Wildman–Crippen LogP) is 1.48. The van der Waals surface area contributed by atoms with Gasteiger partial charge < -0.3 is 24.4 Å². The van der Waals surface area contributed by atoms with Crippen molar-refractivity contribution in [2.75, 3.05) is 32.8 Å². The monoisotopic (exact) mass is 332 g/mol. The van der Waals surface area contributed by atoms with Crippen molar-refractivity contribution in [2.24, 2.45) is 0 Å². The third-order valence-electron chi connectivity index (χ3n) is 4.81. The quantitative estimate of drug-likeness (QED) is 0.843. The highest BCUT2D eigenvalue weighted by atomic mass is 16.6. The van der Waals surface area contributed by atoms with Crippen LogP contribution in [0.25, 0.3) is 0 Å². The standard InChI is InChI=1S/C17H20N2O5/c1-11-7-13-14(23-6-5-22-13)8-12(11)15(20)19-4-2-3-17(10-19)9-18-16(21)24-17/h7-8H,2-6,9-10H2,1H3,(H,18,21)/t17-/m1/s1. The summed E-state index contributed by atoms with van der Waals surface area (Å²) in [4.78, 5) is 26.2. The van der Waals surface area contributed by atoms with Crippen LogP contribution in [0.3, 0.4) is 0 Å². The Balaban J connectivity index is 1.58. The topological polar surface area (TPSA) is 77.1 Å². The van der Waals surface area contributed by atoms with Gasteiger partial charge in [0, 0.05) is 12.1 Å². The van der Waals surface area contributed by atoms with E-state index in [0.717, 1.165) is 18.4 Å². The normalized spacial score (nSPS) is 25.4. The molecule has 0 saturated carbocycles. The second-order valence-electron chi connectivity index (χ2n) is 6.57. The fourth-order valence-corrected chi connectivity index (χ4v) is 3.59. The van der Waals surface area contributed by atoms with Crippen LogP contribution in [0.4, 0.5) is 4.79 Å². The number of nitrogens with one attached hydrogen (secondary N) is 1. The van der Waals surface area contributed by atoms with Crippen molar-refractivity contribution in [1.29, 1.82) is 0 Å². The molecule has 128 valence electrons. The number of ether oxygens (including phenoxy) is 3. The highest BCUT2D eigenvalue weighted by Crippen LogP contribution is 2.35. The van der Waals surface area contributed by atoms with Crippen LogP contribution in [-0.2, 0) is 4.74 Å². The number of hydrogen-bond donors (Lipinski definition) is 1. The third kappa shape index (κ3) is 2.53. The molecule has 24 heavy (non-hydrogen) atoms. The average Bonchev–Trinajstić information content (AvgIpc) is 2.93. The first-order chi connectivity index (χ1) is 11.6. The van der Waals surface area contributed by atoms with Gasteiger partial charge in [-0.2, -0.15) is 0 Å². The van der Waals surface area contributed by atoms with Gasteiger partial charge in [0.2, 0.25) is 0 Å². The van der Waals surface area contributed by atoms with E-state index in [4.69, 9.17) is 14.2 Å². The van der Waals surface area contributed by atoms with Crippen molar-refractivity contribution in [1.82, 2.24) is 10.2 Å². The molecule has 7 heteroatoms. The number of piperidine rings is 1. The number of carbonyl (C=O) groups is 2. The maximum atomic E-state index is 13.0. The molecule has 3 aliphatic rings. The highest BCUT2D eigenvalue weighted by Gasteiger charge is 2.45.